The largest absolute Gasteiger partial charge is 0.462 e. The molecule has 6 heteroatoms. The lowest BCUT2D eigenvalue weighted by Crippen LogP contribution is -2.30. The van der Waals surface area contributed by atoms with E-state index in [1.807, 2.05) is 12.2 Å². The molecular weight excluding hydrogens is 793 g/mol. The maximum absolute atomic E-state index is 12.8. The molecule has 0 saturated carbocycles. The first-order valence-electron chi connectivity index (χ1n) is 25.5. The summed E-state index contributed by atoms with van der Waals surface area (Å²) in [4.78, 5) is 37.9. The van der Waals surface area contributed by atoms with E-state index in [0.717, 1.165) is 116 Å². The van der Waals surface area contributed by atoms with Crippen molar-refractivity contribution in [2.75, 3.05) is 13.2 Å². The Morgan fingerprint density at radius 2 is 0.641 bits per heavy atom. The molecule has 64 heavy (non-hydrogen) atoms. The molecule has 0 saturated heterocycles. The van der Waals surface area contributed by atoms with Crippen LogP contribution in [0.25, 0.3) is 0 Å². The van der Waals surface area contributed by atoms with Crippen molar-refractivity contribution >= 4 is 17.9 Å². The molecule has 0 rings (SSSR count). The Bertz CT molecular complexity index is 1390. The third kappa shape index (κ3) is 48.8. The summed E-state index contributed by atoms with van der Waals surface area (Å²) < 4.78 is 16.7. The topological polar surface area (TPSA) is 78.9 Å². The maximum Gasteiger partial charge on any atom is 0.306 e. The predicted octanol–water partition coefficient (Wildman–Crippen LogP) is 16.9. The number of hydrogen-bond donors (Lipinski definition) is 0. The standard InChI is InChI=1S/C58H92O6/c1-4-7-10-13-16-19-22-25-27-28-29-30-31-34-36-39-42-45-48-51-57(60)63-54-55(53-62-56(59)50-47-44-41-38-35-32-24-21-18-15-12-9-6-3)64-58(61)52-49-46-43-40-37-33-26-23-20-17-14-11-8-5-2/h7,9-10,12,16,18-19,21,23,25-27,29-30,32,34-36,41,44,55H,4-6,8,11,13-15,17,20,22,24,28,31,33,37-40,42-43,45-54H2,1-3H3/b10-7-,12-9-,19-16-,21-18-,26-23-,27-25-,30-29-,35-32-,36-34-,44-41-. The van der Waals surface area contributed by atoms with Crippen LogP contribution in [0.2, 0.25) is 0 Å². The summed E-state index contributed by atoms with van der Waals surface area (Å²) >= 11 is 0. The molecule has 0 aliphatic rings. The van der Waals surface area contributed by atoms with E-state index < -0.39 is 6.10 Å². The zero-order chi connectivity index (χ0) is 46.5. The van der Waals surface area contributed by atoms with Gasteiger partial charge >= 0.3 is 17.9 Å². The van der Waals surface area contributed by atoms with E-state index in [0.29, 0.717) is 19.3 Å². The van der Waals surface area contributed by atoms with E-state index in [9.17, 15) is 14.4 Å². The minimum absolute atomic E-state index is 0.124. The molecule has 0 amide bonds. The Hall–Kier alpha value is -4.19. The Morgan fingerprint density at radius 1 is 0.328 bits per heavy atom. The second kappa shape index (κ2) is 51.4. The summed E-state index contributed by atoms with van der Waals surface area (Å²) in [6, 6.07) is 0. The van der Waals surface area contributed by atoms with E-state index in [1.54, 1.807) is 0 Å². The van der Waals surface area contributed by atoms with Crippen LogP contribution in [-0.4, -0.2) is 37.2 Å². The minimum Gasteiger partial charge on any atom is -0.462 e. The van der Waals surface area contributed by atoms with Gasteiger partial charge in [0.05, 0.1) is 0 Å². The van der Waals surface area contributed by atoms with Crippen molar-refractivity contribution in [3.63, 3.8) is 0 Å². The van der Waals surface area contributed by atoms with Gasteiger partial charge in [0.1, 0.15) is 13.2 Å². The number of unbranched alkanes of at least 4 members (excludes halogenated alkanes) is 13. The van der Waals surface area contributed by atoms with E-state index >= 15 is 0 Å². The highest BCUT2D eigenvalue weighted by molar-refractivity contribution is 5.71. The van der Waals surface area contributed by atoms with Gasteiger partial charge in [0, 0.05) is 19.3 Å². The summed E-state index contributed by atoms with van der Waals surface area (Å²) in [6.07, 6.45) is 70.5. The lowest BCUT2D eigenvalue weighted by molar-refractivity contribution is -0.166. The van der Waals surface area contributed by atoms with Crippen molar-refractivity contribution in [3.8, 4) is 0 Å². The molecule has 0 radical (unpaired) electrons. The smallest absolute Gasteiger partial charge is 0.306 e. The summed E-state index contributed by atoms with van der Waals surface area (Å²) in [7, 11) is 0. The quantitative estimate of drug-likeness (QED) is 0.0262. The van der Waals surface area contributed by atoms with Gasteiger partial charge in [-0.15, -0.1) is 0 Å². The Kier molecular flexibility index (Phi) is 48.1. The van der Waals surface area contributed by atoms with Crippen LogP contribution >= 0.6 is 0 Å². The lowest BCUT2D eigenvalue weighted by atomic mass is 10.1. The highest BCUT2D eigenvalue weighted by Crippen LogP contribution is 2.12. The summed E-state index contributed by atoms with van der Waals surface area (Å²) in [5.74, 6) is -1.05. The molecule has 0 aromatic carbocycles. The second-order valence-corrected chi connectivity index (χ2v) is 16.3. The van der Waals surface area contributed by atoms with Crippen LogP contribution in [0.5, 0.6) is 0 Å². The van der Waals surface area contributed by atoms with Crippen LogP contribution in [0.1, 0.15) is 207 Å². The van der Waals surface area contributed by atoms with Crippen LogP contribution in [0.4, 0.5) is 0 Å². The number of rotatable bonds is 44. The van der Waals surface area contributed by atoms with Gasteiger partial charge in [0.2, 0.25) is 0 Å². The first kappa shape index (κ1) is 59.8. The number of hydrogen-bond acceptors (Lipinski definition) is 6. The fourth-order valence-electron chi connectivity index (χ4n) is 6.42. The fourth-order valence-corrected chi connectivity index (χ4v) is 6.42. The molecule has 1 atom stereocenters. The number of allylic oxidation sites excluding steroid dienone is 20. The van der Waals surface area contributed by atoms with Crippen molar-refractivity contribution in [1.82, 2.24) is 0 Å². The van der Waals surface area contributed by atoms with Crippen LogP contribution in [0, 0.1) is 0 Å². The van der Waals surface area contributed by atoms with Gasteiger partial charge in [-0.05, 0) is 116 Å². The number of carbonyl (C=O) groups excluding carboxylic acids is 3. The van der Waals surface area contributed by atoms with Gasteiger partial charge in [0.25, 0.3) is 0 Å². The Labute approximate surface area is 392 Å². The fraction of sp³-hybridized carbons (Fsp3) is 0.603. The minimum atomic E-state index is -0.827. The lowest BCUT2D eigenvalue weighted by Gasteiger charge is -2.18. The molecule has 360 valence electrons. The average Bonchev–Trinajstić information content (AvgIpc) is 3.29. The Morgan fingerprint density at radius 3 is 1.08 bits per heavy atom. The van der Waals surface area contributed by atoms with Crippen molar-refractivity contribution < 1.29 is 28.6 Å². The molecule has 0 fully saturated rings. The molecule has 0 aliphatic heterocycles. The first-order valence-corrected chi connectivity index (χ1v) is 25.5. The summed E-state index contributed by atoms with van der Waals surface area (Å²) in [5.41, 5.74) is 0. The third-order valence-corrected chi connectivity index (χ3v) is 10.2. The van der Waals surface area contributed by atoms with Gasteiger partial charge in [-0.3, -0.25) is 14.4 Å². The first-order chi connectivity index (χ1) is 31.5. The zero-order valence-corrected chi connectivity index (χ0v) is 41.0. The molecule has 0 aromatic heterocycles. The summed E-state index contributed by atoms with van der Waals surface area (Å²) in [6.45, 7) is 6.28. The van der Waals surface area contributed by atoms with Crippen molar-refractivity contribution in [1.29, 1.82) is 0 Å². The third-order valence-electron chi connectivity index (χ3n) is 10.2. The van der Waals surface area contributed by atoms with Gasteiger partial charge in [-0.2, -0.15) is 0 Å². The number of esters is 3. The van der Waals surface area contributed by atoms with Crippen molar-refractivity contribution in [2.24, 2.45) is 0 Å². The van der Waals surface area contributed by atoms with E-state index in [2.05, 4.69) is 130 Å². The molecule has 0 N–H and O–H groups in total. The SMILES string of the molecule is CC/C=C\C/C=C\C/C=C\C/C=C\C/C=C\CCCCCC(=O)OCC(COC(=O)CC/C=C\C/C=C\C/C=C\C/C=C\CC)OC(=O)CCCCCCC/C=C\CCCCCCC. The highest BCUT2D eigenvalue weighted by Gasteiger charge is 2.19. The van der Waals surface area contributed by atoms with Gasteiger partial charge in [-0.25, -0.2) is 0 Å². The molecule has 0 heterocycles. The van der Waals surface area contributed by atoms with E-state index in [1.165, 1.54) is 44.9 Å². The number of ether oxygens (including phenoxy) is 3. The molecule has 0 spiro atoms. The molecule has 0 aliphatic carbocycles. The molecule has 0 bridgehead atoms. The monoisotopic (exact) mass is 885 g/mol. The normalized spacial score (nSPS) is 13.1. The maximum atomic E-state index is 12.8. The highest BCUT2D eigenvalue weighted by atomic mass is 16.6. The van der Waals surface area contributed by atoms with E-state index in [4.69, 9.17) is 14.2 Å². The second-order valence-electron chi connectivity index (χ2n) is 16.3. The average molecular weight is 885 g/mol. The van der Waals surface area contributed by atoms with E-state index in [-0.39, 0.29) is 37.5 Å². The molecule has 0 aromatic rings. The molecule has 1 unspecified atom stereocenters. The molecule has 6 nitrogen and oxygen atoms in total. The van der Waals surface area contributed by atoms with Gasteiger partial charge < -0.3 is 14.2 Å². The Balaban J connectivity index is 4.55. The molecular formula is C58H92O6. The predicted molar refractivity (Wildman–Crippen MR) is 274 cm³/mol. The van der Waals surface area contributed by atoms with Crippen molar-refractivity contribution in [2.45, 2.75) is 213 Å². The van der Waals surface area contributed by atoms with Crippen molar-refractivity contribution in [3.05, 3.63) is 122 Å². The summed E-state index contributed by atoms with van der Waals surface area (Å²) in [5, 5.41) is 0. The van der Waals surface area contributed by atoms with Crippen LogP contribution < -0.4 is 0 Å². The van der Waals surface area contributed by atoms with Gasteiger partial charge in [0.15, 0.2) is 6.10 Å². The number of carbonyl (C=O) groups is 3. The van der Waals surface area contributed by atoms with Crippen LogP contribution in [-0.2, 0) is 28.6 Å². The van der Waals surface area contributed by atoms with Crippen LogP contribution in [0.3, 0.4) is 0 Å². The van der Waals surface area contributed by atoms with Gasteiger partial charge in [-0.1, -0.05) is 194 Å². The zero-order valence-electron chi connectivity index (χ0n) is 41.0. The van der Waals surface area contributed by atoms with Crippen LogP contribution in [0.15, 0.2) is 122 Å².